The van der Waals surface area contributed by atoms with Crippen molar-refractivity contribution >= 4 is 18.1 Å². The van der Waals surface area contributed by atoms with Crippen LogP contribution >= 0.6 is 12.2 Å². The quantitative estimate of drug-likeness (QED) is 0.713. The molecule has 5 nitrogen and oxygen atoms in total. The fraction of sp³-hybridized carbons (Fsp3) is 0.412. The largest absolute Gasteiger partial charge is 0.396 e. The topological polar surface area (TPSA) is 70.1 Å². The Labute approximate surface area is 140 Å². The molecule has 3 N–H and O–H groups in total. The number of nitrogens with one attached hydrogen (secondary N) is 2. The van der Waals surface area contributed by atoms with Crippen molar-refractivity contribution in [3.05, 3.63) is 47.0 Å². The first-order valence-corrected chi connectivity index (χ1v) is 8.31. The van der Waals surface area contributed by atoms with Gasteiger partial charge in [-0.25, -0.2) is 0 Å². The number of aliphatic hydroxyl groups excluding tert-OH is 1. The molecule has 0 saturated heterocycles. The molecule has 122 valence electrons. The Kier molecular flexibility index (Phi) is 4.63. The normalized spacial score (nSPS) is 15.9. The maximum Gasteiger partial charge on any atom is 0.269 e. The van der Waals surface area contributed by atoms with Crippen LogP contribution in [0.4, 0.5) is 0 Å². The van der Waals surface area contributed by atoms with Gasteiger partial charge < -0.3 is 15.4 Å². The molecule has 0 bridgehead atoms. The van der Waals surface area contributed by atoms with Crippen molar-refractivity contribution in [3.63, 3.8) is 0 Å². The Hall–Kier alpha value is -1.92. The number of aromatic nitrogens is 2. The number of carbonyl (C=O) groups excluding carboxylic acids is 1. The molecule has 1 heterocycles. The molecule has 23 heavy (non-hydrogen) atoms. The van der Waals surface area contributed by atoms with Gasteiger partial charge in [0.1, 0.15) is 5.69 Å². The Morgan fingerprint density at radius 1 is 1.35 bits per heavy atom. The number of H-pyrrole nitrogens is 1. The fourth-order valence-electron chi connectivity index (χ4n) is 3.16. The second-order valence-electron chi connectivity index (χ2n) is 6.16. The van der Waals surface area contributed by atoms with Crippen LogP contribution in [0.15, 0.2) is 36.5 Å². The van der Waals surface area contributed by atoms with Gasteiger partial charge in [-0.15, -0.1) is 0 Å². The molecule has 0 unspecified atom stereocenters. The molecular formula is C17H21N3O2S. The first kappa shape index (κ1) is 16.0. The zero-order valence-electron chi connectivity index (χ0n) is 12.9. The zero-order chi connectivity index (χ0) is 16.3. The maximum atomic E-state index is 12.6. The first-order valence-electron chi connectivity index (χ1n) is 7.90. The average molecular weight is 331 g/mol. The van der Waals surface area contributed by atoms with Crippen LogP contribution in [0, 0.1) is 10.2 Å². The third-order valence-corrected chi connectivity index (χ3v) is 5.00. The Bertz CT molecular complexity index is 732. The number of hydrogen-bond acceptors (Lipinski definition) is 3. The van der Waals surface area contributed by atoms with Gasteiger partial charge in [-0.2, -0.15) is 0 Å². The molecule has 1 aliphatic rings. The van der Waals surface area contributed by atoms with Crippen molar-refractivity contribution in [1.29, 1.82) is 0 Å². The molecule has 1 aromatic heterocycles. The standard InChI is InChI=1S/C17H21N3O2S/c21-10-9-17(7-4-8-17)12-19-15(22)14-11-18-16(23)20(14)13-5-2-1-3-6-13/h1-3,5-6,11,21H,4,7-10,12H2,(H,18,23)(H,19,22). The van der Waals surface area contributed by atoms with E-state index in [4.69, 9.17) is 12.2 Å². The number of imidazole rings is 1. The van der Waals surface area contributed by atoms with E-state index in [9.17, 15) is 9.90 Å². The van der Waals surface area contributed by atoms with Gasteiger partial charge in [0, 0.05) is 25.0 Å². The van der Waals surface area contributed by atoms with Crippen molar-refractivity contribution < 1.29 is 9.90 Å². The van der Waals surface area contributed by atoms with Gasteiger partial charge in [-0.1, -0.05) is 24.6 Å². The minimum absolute atomic E-state index is 0.0646. The van der Waals surface area contributed by atoms with E-state index in [1.165, 1.54) is 6.42 Å². The summed E-state index contributed by atoms with van der Waals surface area (Å²) in [6.07, 6.45) is 5.67. The van der Waals surface area contributed by atoms with E-state index in [0.717, 1.165) is 24.9 Å². The van der Waals surface area contributed by atoms with E-state index in [0.29, 0.717) is 17.0 Å². The zero-order valence-corrected chi connectivity index (χ0v) is 13.7. The first-order chi connectivity index (χ1) is 11.2. The molecule has 0 aliphatic heterocycles. The summed E-state index contributed by atoms with van der Waals surface area (Å²) in [7, 11) is 0. The molecule has 1 amide bonds. The summed E-state index contributed by atoms with van der Waals surface area (Å²) < 4.78 is 2.24. The van der Waals surface area contributed by atoms with Gasteiger partial charge in [-0.3, -0.25) is 9.36 Å². The number of para-hydroxylation sites is 1. The number of aliphatic hydroxyl groups is 1. The smallest absolute Gasteiger partial charge is 0.269 e. The van der Waals surface area contributed by atoms with Crippen LogP contribution in [0.3, 0.4) is 0 Å². The highest BCUT2D eigenvalue weighted by Gasteiger charge is 2.36. The molecule has 0 radical (unpaired) electrons. The lowest BCUT2D eigenvalue weighted by molar-refractivity contribution is 0.0728. The van der Waals surface area contributed by atoms with Crippen LogP contribution in [-0.2, 0) is 0 Å². The third kappa shape index (κ3) is 3.23. The number of aromatic amines is 1. The summed E-state index contributed by atoms with van der Waals surface area (Å²) in [4.78, 5) is 15.5. The van der Waals surface area contributed by atoms with E-state index < -0.39 is 0 Å². The lowest BCUT2D eigenvalue weighted by Crippen LogP contribution is -2.43. The van der Waals surface area contributed by atoms with E-state index >= 15 is 0 Å². The maximum absolute atomic E-state index is 12.6. The molecule has 1 aromatic carbocycles. The van der Waals surface area contributed by atoms with E-state index in [2.05, 4.69) is 10.3 Å². The van der Waals surface area contributed by atoms with Gasteiger partial charge >= 0.3 is 0 Å². The Morgan fingerprint density at radius 3 is 2.70 bits per heavy atom. The summed E-state index contributed by atoms with van der Waals surface area (Å²) in [5, 5.41) is 12.2. The molecule has 3 rings (SSSR count). The highest BCUT2D eigenvalue weighted by molar-refractivity contribution is 7.71. The number of carbonyl (C=O) groups is 1. The lowest BCUT2D eigenvalue weighted by atomic mass is 9.67. The van der Waals surface area contributed by atoms with Crippen molar-refractivity contribution in [2.75, 3.05) is 13.2 Å². The van der Waals surface area contributed by atoms with Crippen LogP contribution in [0.1, 0.15) is 36.2 Å². The lowest BCUT2D eigenvalue weighted by Gasteiger charge is -2.41. The SMILES string of the molecule is O=C(NCC1(CCO)CCC1)c1c[nH]c(=S)n1-c1ccccc1. The van der Waals surface area contributed by atoms with Crippen LogP contribution in [0.2, 0.25) is 0 Å². The summed E-state index contributed by atoms with van der Waals surface area (Å²) in [5.41, 5.74) is 1.42. The number of hydrogen-bond donors (Lipinski definition) is 3. The van der Waals surface area contributed by atoms with Crippen molar-refractivity contribution in [2.24, 2.45) is 5.41 Å². The monoisotopic (exact) mass is 331 g/mol. The molecule has 1 aliphatic carbocycles. The van der Waals surface area contributed by atoms with Gasteiger partial charge in [0.05, 0.1) is 0 Å². The van der Waals surface area contributed by atoms with Crippen LogP contribution in [0.5, 0.6) is 0 Å². The van der Waals surface area contributed by atoms with Crippen LogP contribution in [-0.4, -0.2) is 33.7 Å². The summed E-state index contributed by atoms with van der Waals surface area (Å²) in [5.74, 6) is -0.148. The fourth-order valence-corrected chi connectivity index (χ4v) is 3.42. The molecule has 0 atom stereocenters. The summed E-state index contributed by atoms with van der Waals surface area (Å²) in [6.45, 7) is 0.763. The molecular weight excluding hydrogens is 310 g/mol. The molecule has 1 saturated carbocycles. The summed E-state index contributed by atoms with van der Waals surface area (Å²) in [6, 6.07) is 9.58. The minimum Gasteiger partial charge on any atom is -0.396 e. The average Bonchev–Trinajstić information content (AvgIpc) is 2.92. The van der Waals surface area contributed by atoms with Crippen LogP contribution < -0.4 is 5.32 Å². The van der Waals surface area contributed by atoms with E-state index in [-0.39, 0.29) is 17.9 Å². The predicted molar refractivity (Wildman–Crippen MR) is 91.3 cm³/mol. The molecule has 2 aromatic rings. The van der Waals surface area contributed by atoms with Crippen molar-refractivity contribution in [1.82, 2.24) is 14.9 Å². The Morgan fingerprint density at radius 2 is 2.09 bits per heavy atom. The second kappa shape index (κ2) is 6.68. The van der Waals surface area contributed by atoms with E-state index in [1.54, 1.807) is 10.8 Å². The molecule has 6 heteroatoms. The third-order valence-electron chi connectivity index (χ3n) is 4.70. The van der Waals surface area contributed by atoms with Gasteiger partial charge in [0.15, 0.2) is 4.77 Å². The minimum atomic E-state index is -0.148. The second-order valence-corrected chi connectivity index (χ2v) is 6.55. The van der Waals surface area contributed by atoms with E-state index in [1.807, 2.05) is 30.3 Å². The van der Waals surface area contributed by atoms with Crippen molar-refractivity contribution in [2.45, 2.75) is 25.7 Å². The number of rotatable bonds is 6. The number of nitrogens with zero attached hydrogens (tertiary/aromatic N) is 1. The molecule has 1 fully saturated rings. The molecule has 0 spiro atoms. The van der Waals surface area contributed by atoms with Gasteiger partial charge in [-0.05, 0) is 49.0 Å². The van der Waals surface area contributed by atoms with Gasteiger partial charge in [0.25, 0.3) is 5.91 Å². The van der Waals surface area contributed by atoms with Crippen molar-refractivity contribution in [3.8, 4) is 5.69 Å². The van der Waals surface area contributed by atoms with Gasteiger partial charge in [0.2, 0.25) is 0 Å². The van der Waals surface area contributed by atoms with Crippen LogP contribution in [0.25, 0.3) is 5.69 Å². The highest BCUT2D eigenvalue weighted by atomic mass is 32.1. The highest BCUT2D eigenvalue weighted by Crippen LogP contribution is 2.43. The number of amides is 1. The summed E-state index contributed by atoms with van der Waals surface area (Å²) >= 11 is 5.30. The predicted octanol–water partition coefficient (Wildman–Crippen LogP) is 2.82. The number of benzene rings is 1. The Balaban J connectivity index is 1.77.